The molecule has 74 valence electrons. The molecule has 2 aromatic rings. The van der Waals surface area contributed by atoms with Crippen molar-refractivity contribution in [3.63, 3.8) is 0 Å². The van der Waals surface area contributed by atoms with Crippen LogP contribution in [0.5, 0.6) is 0 Å². The molecule has 0 saturated heterocycles. The monoisotopic (exact) mass is 322 g/mol. The van der Waals surface area contributed by atoms with Crippen LogP contribution in [0.1, 0.15) is 0 Å². The number of hydrogen-bond donors (Lipinski definition) is 0. The molecule has 4 nitrogen and oxygen atoms in total. The number of nitrogens with zero attached hydrogens (tertiary/aromatic N) is 4. The fourth-order valence-electron chi connectivity index (χ4n) is 0.939. The zero-order valence-electron chi connectivity index (χ0n) is 7.91. The van der Waals surface area contributed by atoms with E-state index in [9.17, 15) is 0 Å². The van der Waals surface area contributed by atoms with Crippen molar-refractivity contribution in [3.8, 4) is 0 Å². The summed E-state index contributed by atoms with van der Waals surface area (Å²) in [7, 11) is 4.08. The van der Waals surface area contributed by atoms with Crippen molar-refractivity contribution in [1.29, 1.82) is 0 Å². The van der Waals surface area contributed by atoms with Gasteiger partial charge in [0.1, 0.15) is 0 Å². The molecule has 0 fully saturated rings. The average Bonchev–Trinajstić information content (AvgIpc) is 2.72. The topological polar surface area (TPSA) is 35.6 Å². The van der Waals surface area contributed by atoms with Gasteiger partial charge in [-0.1, -0.05) is 0 Å². The Hall–Kier alpha value is -0.541. The van der Waals surface area contributed by atoms with Gasteiger partial charge in [0.2, 0.25) is 0 Å². The van der Waals surface area contributed by atoms with E-state index in [0.29, 0.717) is 26.3 Å². The zero-order valence-corrected chi connectivity index (χ0v) is 11.3. The van der Waals surface area contributed by atoms with Crippen LogP contribution in [0.3, 0.4) is 0 Å². The Morgan fingerprint density at radius 1 is 0.929 bits per heavy atom. The minimum absolute atomic E-state index is 0.435. The normalized spacial score (nSPS) is 10.7. The molecule has 14 heavy (non-hydrogen) atoms. The maximum atomic E-state index is 4.31. The molecule has 0 aliphatic rings. The van der Waals surface area contributed by atoms with E-state index < -0.39 is 0 Å². The molecule has 0 aromatic carbocycles. The molecule has 0 amide bonds. The number of hydrogen-bond acceptors (Lipinski definition) is 2. The third-order valence-electron chi connectivity index (χ3n) is 1.74. The van der Waals surface area contributed by atoms with Gasteiger partial charge in [0.15, 0.2) is 0 Å². The summed E-state index contributed by atoms with van der Waals surface area (Å²) in [6, 6.07) is 0. The van der Waals surface area contributed by atoms with Crippen molar-refractivity contribution in [2.24, 2.45) is 14.1 Å². The molecular formula is C8H10N4Se2. The number of aryl methyl sites for hydroxylation is 2. The molecule has 6 heteroatoms. The van der Waals surface area contributed by atoms with Gasteiger partial charge < -0.3 is 0 Å². The molecule has 0 saturated carbocycles. The summed E-state index contributed by atoms with van der Waals surface area (Å²) in [5.41, 5.74) is 0. The van der Waals surface area contributed by atoms with Crippen molar-refractivity contribution >= 4 is 35.7 Å². The van der Waals surface area contributed by atoms with Crippen LogP contribution >= 0.6 is 0 Å². The molecule has 0 radical (unpaired) electrons. The van der Waals surface area contributed by atoms with Gasteiger partial charge in [-0.3, -0.25) is 0 Å². The van der Waals surface area contributed by atoms with Crippen LogP contribution in [0.15, 0.2) is 24.8 Å². The van der Waals surface area contributed by atoms with E-state index >= 15 is 0 Å². The van der Waals surface area contributed by atoms with Crippen molar-refractivity contribution in [2.45, 2.75) is 0 Å². The molecule has 2 rings (SSSR count). The van der Waals surface area contributed by atoms with E-state index in [2.05, 4.69) is 19.1 Å². The van der Waals surface area contributed by atoms with E-state index in [4.69, 9.17) is 0 Å². The van der Waals surface area contributed by atoms with E-state index in [0.717, 1.165) is 0 Å². The number of rotatable bonds is 3. The summed E-state index contributed by atoms with van der Waals surface area (Å²) in [5.74, 6) is 0. The average molecular weight is 320 g/mol. The SMILES string of the molecule is Cn1ccnc1[Se][Se]c1nccn1C. The number of aromatic nitrogens is 4. The summed E-state index contributed by atoms with van der Waals surface area (Å²) in [4.78, 5) is 8.63. The quantitative estimate of drug-likeness (QED) is 0.641. The predicted octanol–water partition coefficient (Wildman–Crippen LogP) is -1.57. The van der Waals surface area contributed by atoms with Crippen LogP contribution in [-0.2, 0) is 14.1 Å². The molecule has 0 N–H and O–H groups in total. The van der Waals surface area contributed by atoms with Gasteiger partial charge in [-0.25, -0.2) is 0 Å². The summed E-state index contributed by atoms with van der Waals surface area (Å²) in [5, 5.41) is 0. The summed E-state index contributed by atoms with van der Waals surface area (Å²) >= 11 is 0.870. The van der Waals surface area contributed by atoms with Crippen LogP contribution in [0, 0.1) is 0 Å². The first-order chi connectivity index (χ1) is 6.77. The molecule has 0 spiro atoms. The van der Waals surface area contributed by atoms with E-state index in [1.165, 1.54) is 9.45 Å². The Morgan fingerprint density at radius 3 is 1.64 bits per heavy atom. The van der Waals surface area contributed by atoms with Crippen molar-refractivity contribution in [1.82, 2.24) is 19.1 Å². The molecule has 0 unspecified atom stereocenters. The van der Waals surface area contributed by atoms with Crippen molar-refractivity contribution in [3.05, 3.63) is 24.8 Å². The Kier molecular flexibility index (Phi) is 3.08. The maximum absolute atomic E-state index is 4.31. The molecule has 0 atom stereocenters. The Balaban J connectivity index is 2.02. The van der Waals surface area contributed by atoms with Gasteiger partial charge in [0.05, 0.1) is 0 Å². The third kappa shape index (κ3) is 2.10. The van der Waals surface area contributed by atoms with Crippen LogP contribution < -0.4 is 9.45 Å². The van der Waals surface area contributed by atoms with Gasteiger partial charge in [-0.15, -0.1) is 0 Å². The number of imidazole rings is 2. The van der Waals surface area contributed by atoms with Crippen molar-refractivity contribution < 1.29 is 0 Å². The second-order valence-electron chi connectivity index (χ2n) is 2.81. The first kappa shape index (κ1) is 9.99. The second kappa shape index (κ2) is 4.32. The minimum atomic E-state index is 0.435. The second-order valence-corrected chi connectivity index (χ2v) is 8.67. The molecule has 0 aliphatic carbocycles. The fourth-order valence-corrected chi connectivity index (χ4v) is 7.56. The van der Waals surface area contributed by atoms with Crippen molar-refractivity contribution in [2.75, 3.05) is 0 Å². The van der Waals surface area contributed by atoms with Gasteiger partial charge >= 0.3 is 93.7 Å². The molecule has 0 bridgehead atoms. The van der Waals surface area contributed by atoms with Crippen LogP contribution in [0.25, 0.3) is 0 Å². The first-order valence-corrected chi connectivity index (χ1v) is 10.1. The van der Waals surface area contributed by atoms with Gasteiger partial charge in [-0.2, -0.15) is 0 Å². The summed E-state index contributed by atoms with van der Waals surface area (Å²) in [6.07, 6.45) is 7.69. The van der Waals surface area contributed by atoms with Gasteiger partial charge in [-0.05, 0) is 0 Å². The third-order valence-corrected chi connectivity index (χ3v) is 8.35. The molecular weight excluding hydrogens is 310 g/mol. The molecule has 2 aromatic heterocycles. The fraction of sp³-hybridized carbons (Fsp3) is 0.250. The standard InChI is InChI=1S/C8H10N4Se2/c1-11-5-3-9-7(11)13-14-8-10-4-6-12(8)2/h3-6H,1-2H3. The predicted molar refractivity (Wildman–Crippen MR) is 57.2 cm³/mol. The van der Waals surface area contributed by atoms with E-state index in [-0.39, 0.29) is 0 Å². The zero-order chi connectivity index (χ0) is 9.97. The van der Waals surface area contributed by atoms with Gasteiger partial charge in [0.25, 0.3) is 0 Å². The van der Waals surface area contributed by atoms with Gasteiger partial charge in [0, 0.05) is 0 Å². The van der Waals surface area contributed by atoms with E-state index in [1.807, 2.05) is 38.9 Å². The molecule has 0 aliphatic heterocycles. The Labute approximate surface area is 93.6 Å². The first-order valence-electron chi connectivity index (χ1n) is 4.06. The van der Waals surface area contributed by atoms with Crippen LogP contribution in [0.4, 0.5) is 0 Å². The summed E-state index contributed by atoms with van der Waals surface area (Å²) in [6.45, 7) is 0. The summed E-state index contributed by atoms with van der Waals surface area (Å²) < 4.78 is 6.57. The molecule has 2 heterocycles. The van der Waals surface area contributed by atoms with Crippen LogP contribution in [-0.4, -0.2) is 45.4 Å². The van der Waals surface area contributed by atoms with E-state index in [1.54, 1.807) is 0 Å². The van der Waals surface area contributed by atoms with Crippen LogP contribution in [0.2, 0.25) is 0 Å². The Morgan fingerprint density at radius 2 is 1.36 bits per heavy atom. The Bertz CT molecular complexity index is 380.